The lowest BCUT2D eigenvalue weighted by atomic mass is 9.47. The number of anilines is 1. The SMILES string of the molecule is CC1(CO)C(O)CCC2(C)C(CC(=O)NCc3ccco3)c3nc(NC(=O)c4ccc(F)cc4)sc3CC12. The van der Waals surface area contributed by atoms with Crippen LogP contribution in [0.1, 0.15) is 65.7 Å². The van der Waals surface area contributed by atoms with Crippen LogP contribution in [-0.2, 0) is 17.8 Å². The van der Waals surface area contributed by atoms with E-state index in [1.54, 1.807) is 18.4 Å². The van der Waals surface area contributed by atoms with E-state index in [4.69, 9.17) is 9.40 Å². The Morgan fingerprint density at radius 1 is 1.24 bits per heavy atom. The van der Waals surface area contributed by atoms with Crippen LogP contribution in [0.3, 0.4) is 0 Å². The molecule has 0 radical (unpaired) electrons. The molecular weight excluding hydrogens is 509 g/mol. The Hall–Kier alpha value is -3.08. The van der Waals surface area contributed by atoms with E-state index in [0.29, 0.717) is 35.7 Å². The number of nitrogens with zero attached hydrogens (tertiary/aromatic N) is 1. The molecule has 202 valence electrons. The zero-order chi connectivity index (χ0) is 27.1. The van der Waals surface area contributed by atoms with Crippen LogP contribution in [-0.4, -0.2) is 39.7 Å². The maximum Gasteiger partial charge on any atom is 0.257 e. The number of aliphatic hydroxyl groups is 2. The van der Waals surface area contributed by atoms with Crippen molar-refractivity contribution in [2.45, 2.75) is 58.1 Å². The van der Waals surface area contributed by atoms with E-state index >= 15 is 0 Å². The number of aliphatic hydroxyl groups excluding tert-OH is 2. The Morgan fingerprint density at radius 2 is 2.00 bits per heavy atom. The van der Waals surface area contributed by atoms with Crippen LogP contribution >= 0.6 is 11.3 Å². The molecule has 1 fully saturated rings. The summed E-state index contributed by atoms with van der Waals surface area (Å²) in [7, 11) is 0. The average molecular weight is 542 g/mol. The van der Waals surface area contributed by atoms with Crippen molar-refractivity contribution in [1.29, 1.82) is 0 Å². The van der Waals surface area contributed by atoms with Crippen LogP contribution in [0.25, 0.3) is 0 Å². The van der Waals surface area contributed by atoms with Crippen molar-refractivity contribution in [2.75, 3.05) is 11.9 Å². The highest BCUT2D eigenvalue weighted by Gasteiger charge is 2.59. The first-order valence-corrected chi connectivity index (χ1v) is 13.6. The molecule has 3 aromatic rings. The second kappa shape index (κ2) is 10.2. The van der Waals surface area contributed by atoms with Gasteiger partial charge in [-0.3, -0.25) is 14.9 Å². The first-order chi connectivity index (χ1) is 18.1. The normalized spacial score (nSPS) is 28.3. The molecule has 2 amide bonds. The standard InChI is InChI=1S/C28H32FN3O5S/c1-27-10-9-22(34)28(2,15-33)21(27)13-20-24(19(27)12-23(35)30-14-18-4-3-11-37-18)31-26(38-20)32-25(36)16-5-7-17(29)8-6-16/h3-8,11,19,21-22,33-34H,9-10,12-15H2,1-2H3,(H,30,35)(H,31,32,36). The highest BCUT2D eigenvalue weighted by atomic mass is 32.1. The molecule has 4 N–H and O–H groups in total. The summed E-state index contributed by atoms with van der Waals surface area (Å²) >= 11 is 1.34. The molecule has 1 aromatic carbocycles. The molecule has 2 aromatic heterocycles. The van der Waals surface area contributed by atoms with Crippen LogP contribution in [0.2, 0.25) is 0 Å². The van der Waals surface area contributed by atoms with Gasteiger partial charge in [0.2, 0.25) is 5.91 Å². The van der Waals surface area contributed by atoms with Gasteiger partial charge < -0.3 is 19.9 Å². The van der Waals surface area contributed by atoms with Gasteiger partial charge in [0.05, 0.1) is 31.2 Å². The number of aromatic nitrogens is 1. The Morgan fingerprint density at radius 3 is 2.68 bits per heavy atom. The number of carbonyl (C=O) groups is 2. The molecule has 0 bridgehead atoms. The molecule has 0 saturated heterocycles. The average Bonchev–Trinajstić information content (AvgIpc) is 3.56. The van der Waals surface area contributed by atoms with Crippen molar-refractivity contribution in [1.82, 2.24) is 10.3 Å². The molecule has 5 rings (SSSR count). The summed E-state index contributed by atoms with van der Waals surface area (Å²) in [6, 6.07) is 8.84. The summed E-state index contributed by atoms with van der Waals surface area (Å²) in [5, 5.41) is 27.5. The summed E-state index contributed by atoms with van der Waals surface area (Å²) < 4.78 is 18.6. The van der Waals surface area contributed by atoms with Crippen molar-refractivity contribution in [3.05, 3.63) is 70.4 Å². The fourth-order valence-electron chi connectivity index (χ4n) is 6.33. The molecule has 2 aliphatic rings. The third-order valence-corrected chi connectivity index (χ3v) is 9.66. The Labute approximate surface area is 224 Å². The minimum atomic E-state index is -0.741. The number of hydrogen-bond donors (Lipinski definition) is 4. The monoisotopic (exact) mass is 541 g/mol. The number of amides is 2. The van der Waals surface area contributed by atoms with E-state index in [2.05, 4.69) is 17.6 Å². The maximum atomic E-state index is 13.3. The minimum absolute atomic E-state index is 0.0970. The number of furan rings is 1. The first kappa shape index (κ1) is 26.5. The lowest BCUT2D eigenvalue weighted by Gasteiger charge is -2.58. The van der Waals surface area contributed by atoms with Crippen LogP contribution in [0.5, 0.6) is 0 Å². The minimum Gasteiger partial charge on any atom is -0.467 e. The Bertz CT molecular complexity index is 1310. The van der Waals surface area contributed by atoms with Crippen molar-refractivity contribution in [2.24, 2.45) is 16.7 Å². The van der Waals surface area contributed by atoms with Crippen LogP contribution in [0.4, 0.5) is 9.52 Å². The predicted molar refractivity (Wildman–Crippen MR) is 140 cm³/mol. The summed E-state index contributed by atoms with van der Waals surface area (Å²) in [6.07, 6.45) is 2.84. The summed E-state index contributed by atoms with van der Waals surface area (Å²) in [5.74, 6) is -0.701. The summed E-state index contributed by atoms with van der Waals surface area (Å²) in [4.78, 5) is 31.7. The molecule has 8 nitrogen and oxygen atoms in total. The van der Waals surface area contributed by atoms with E-state index in [0.717, 1.165) is 10.6 Å². The van der Waals surface area contributed by atoms with Gasteiger partial charge in [-0.25, -0.2) is 9.37 Å². The lowest BCUT2D eigenvalue weighted by Crippen LogP contribution is -2.57. The van der Waals surface area contributed by atoms with Gasteiger partial charge in [-0.05, 0) is 67.0 Å². The van der Waals surface area contributed by atoms with Crippen LogP contribution < -0.4 is 10.6 Å². The van der Waals surface area contributed by atoms with E-state index < -0.39 is 28.7 Å². The third-order valence-electron chi connectivity index (χ3n) is 8.65. The van der Waals surface area contributed by atoms with Gasteiger partial charge in [0.15, 0.2) is 5.13 Å². The van der Waals surface area contributed by atoms with Crippen molar-refractivity contribution in [3.8, 4) is 0 Å². The number of halogens is 1. The number of carbonyl (C=O) groups excluding carboxylic acids is 2. The van der Waals surface area contributed by atoms with Gasteiger partial charge in [-0.15, -0.1) is 11.3 Å². The molecule has 2 aliphatic carbocycles. The number of benzene rings is 1. The zero-order valence-corrected chi connectivity index (χ0v) is 22.2. The highest BCUT2D eigenvalue weighted by Crippen LogP contribution is 2.62. The number of nitrogens with one attached hydrogen (secondary N) is 2. The van der Waals surface area contributed by atoms with Gasteiger partial charge in [0.1, 0.15) is 11.6 Å². The second-order valence-electron chi connectivity index (χ2n) is 10.9. The van der Waals surface area contributed by atoms with Gasteiger partial charge >= 0.3 is 0 Å². The van der Waals surface area contributed by atoms with E-state index in [-0.39, 0.29) is 37.3 Å². The van der Waals surface area contributed by atoms with Crippen molar-refractivity contribution in [3.63, 3.8) is 0 Å². The fraction of sp³-hybridized carbons (Fsp3) is 0.464. The van der Waals surface area contributed by atoms with E-state index in [9.17, 15) is 24.2 Å². The van der Waals surface area contributed by atoms with Gasteiger partial charge in [0, 0.05) is 28.2 Å². The second-order valence-corrected chi connectivity index (χ2v) is 12.0. The van der Waals surface area contributed by atoms with Crippen LogP contribution in [0, 0.1) is 22.6 Å². The van der Waals surface area contributed by atoms with E-state index in [1.807, 2.05) is 6.92 Å². The molecule has 1 saturated carbocycles. The smallest absolute Gasteiger partial charge is 0.257 e. The van der Waals surface area contributed by atoms with Gasteiger partial charge in [-0.2, -0.15) is 0 Å². The largest absolute Gasteiger partial charge is 0.467 e. The molecule has 38 heavy (non-hydrogen) atoms. The Balaban J connectivity index is 1.45. The topological polar surface area (TPSA) is 125 Å². The molecule has 5 atom stereocenters. The number of thiazole rings is 1. The number of rotatable bonds is 7. The lowest BCUT2D eigenvalue weighted by molar-refractivity contribution is -0.144. The summed E-state index contributed by atoms with van der Waals surface area (Å²) in [5.41, 5.74) is -0.0642. The van der Waals surface area contributed by atoms with Gasteiger partial charge in [0.25, 0.3) is 5.91 Å². The molecule has 2 heterocycles. The molecule has 10 heteroatoms. The molecule has 0 aliphatic heterocycles. The number of hydrogen-bond acceptors (Lipinski definition) is 7. The quantitative estimate of drug-likeness (QED) is 0.355. The molecule has 0 spiro atoms. The highest BCUT2D eigenvalue weighted by molar-refractivity contribution is 7.15. The summed E-state index contributed by atoms with van der Waals surface area (Å²) in [6.45, 7) is 4.14. The van der Waals surface area contributed by atoms with E-state index in [1.165, 1.54) is 35.6 Å². The van der Waals surface area contributed by atoms with Crippen molar-refractivity contribution < 1.29 is 28.6 Å². The molecular formula is C28H32FN3O5S. The number of fused-ring (bicyclic) bond motifs is 2. The zero-order valence-electron chi connectivity index (χ0n) is 21.4. The molecule has 5 unspecified atom stereocenters. The fourth-order valence-corrected chi connectivity index (χ4v) is 7.39. The third kappa shape index (κ3) is 4.76. The van der Waals surface area contributed by atoms with Crippen molar-refractivity contribution >= 4 is 28.3 Å². The first-order valence-electron chi connectivity index (χ1n) is 12.8. The maximum absolute atomic E-state index is 13.3. The Kier molecular flexibility index (Phi) is 7.15. The predicted octanol–water partition coefficient (Wildman–Crippen LogP) is 4.25. The van der Waals surface area contributed by atoms with Gasteiger partial charge in [-0.1, -0.05) is 13.8 Å². The van der Waals surface area contributed by atoms with Crippen LogP contribution in [0.15, 0.2) is 47.1 Å².